The van der Waals surface area contributed by atoms with Gasteiger partial charge < -0.3 is 50.0 Å². The van der Waals surface area contributed by atoms with Crippen LogP contribution >= 0.6 is 0 Å². The Labute approximate surface area is 138 Å². The van der Waals surface area contributed by atoms with Gasteiger partial charge in [0.05, 0.1) is 6.61 Å². The summed E-state index contributed by atoms with van der Waals surface area (Å²) in [5.74, 6) is 0. The normalized spacial score (nSPS) is 49.8. The Kier molecular flexibility index (Phi) is 6.31. The second-order valence-corrected chi connectivity index (χ2v) is 6.07. The molecule has 7 N–H and O–H groups in total. The Hall–Kier alpha value is -0.660. The van der Waals surface area contributed by atoms with Crippen LogP contribution in [0, 0.1) is 0 Å². The third kappa shape index (κ3) is 3.63. The van der Waals surface area contributed by atoms with Gasteiger partial charge in [0.1, 0.15) is 48.8 Å². The Morgan fingerprint density at radius 2 is 1.54 bits per heavy atom. The third-order valence-corrected chi connectivity index (χ3v) is 4.19. The van der Waals surface area contributed by atoms with Crippen molar-refractivity contribution in [2.24, 2.45) is 0 Å². The molecule has 2 fully saturated rings. The topological polar surface area (TPSA) is 169 Å². The van der Waals surface area contributed by atoms with Crippen LogP contribution in [-0.4, -0.2) is 104 Å². The molecule has 0 aromatic rings. The van der Waals surface area contributed by atoms with Crippen LogP contribution in [-0.2, 0) is 14.2 Å². The van der Waals surface area contributed by atoms with Gasteiger partial charge in [-0.25, -0.2) is 0 Å². The van der Waals surface area contributed by atoms with E-state index in [-0.39, 0.29) is 0 Å². The fraction of sp³-hybridized carbons (Fsp3) is 0.857. The molecule has 0 radical (unpaired) electrons. The van der Waals surface area contributed by atoms with E-state index in [1.165, 1.54) is 0 Å². The lowest BCUT2D eigenvalue weighted by molar-refractivity contribution is -0.357. The van der Waals surface area contributed by atoms with Crippen LogP contribution in [0.2, 0.25) is 0 Å². The maximum Gasteiger partial charge on any atom is 0.187 e. The average molecular weight is 352 g/mol. The van der Waals surface area contributed by atoms with Crippen LogP contribution in [0.1, 0.15) is 6.92 Å². The molecule has 24 heavy (non-hydrogen) atoms. The molecule has 10 nitrogen and oxygen atoms in total. The van der Waals surface area contributed by atoms with E-state index in [1.807, 2.05) is 0 Å². The number of hydrogen-bond acceptors (Lipinski definition) is 10. The van der Waals surface area contributed by atoms with E-state index in [2.05, 4.69) is 6.58 Å². The molecule has 10 unspecified atom stereocenters. The molecule has 0 spiro atoms. The standard InChI is InChI=1S/C14H24O10/c1-4(2)11-8(18)9(19)12(13(21)23-11)24-14-10(20)7(17)6(16)5(3-15)22-14/h5-21H,1,3H2,2H3. The monoisotopic (exact) mass is 352 g/mol. The zero-order valence-electron chi connectivity index (χ0n) is 13.0. The molecular formula is C14H24O10. The third-order valence-electron chi connectivity index (χ3n) is 4.19. The molecule has 2 aliphatic rings. The van der Waals surface area contributed by atoms with Crippen molar-refractivity contribution in [3.05, 3.63) is 12.2 Å². The molecule has 140 valence electrons. The summed E-state index contributed by atoms with van der Waals surface area (Å²) in [5, 5.41) is 68.6. The first-order valence-corrected chi connectivity index (χ1v) is 7.50. The zero-order valence-corrected chi connectivity index (χ0v) is 13.0. The van der Waals surface area contributed by atoms with Crippen LogP contribution in [0.3, 0.4) is 0 Å². The largest absolute Gasteiger partial charge is 0.394 e. The lowest BCUT2D eigenvalue weighted by atomic mass is 9.94. The van der Waals surface area contributed by atoms with Gasteiger partial charge in [0.25, 0.3) is 0 Å². The van der Waals surface area contributed by atoms with Crippen molar-refractivity contribution in [1.29, 1.82) is 0 Å². The van der Waals surface area contributed by atoms with E-state index in [1.54, 1.807) is 6.92 Å². The molecule has 2 rings (SSSR count). The maximum atomic E-state index is 10.1. The van der Waals surface area contributed by atoms with Gasteiger partial charge in [-0.05, 0) is 12.5 Å². The van der Waals surface area contributed by atoms with E-state index < -0.39 is 68.0 Å². The molecule has 10 atom stereocenters. The van der Waals surface area contributed by atoms with Crippen LogP contribution in [0.4, 0.5) is 0 Å². The highest BCUT2D eigenvalue weighted by Gasteiger charge is 2.50. The van der Waals surface area contributed by atoms with Crippen molar-refractivity contribution in [3.63, 3.8) is 0 Å². The summed E-state index contributed by atoms with van der Waals surface area (Å²) in [7, 11) is 0. The fourth-order valence-corrected chi connectivity index (χ4v) is 2.74. The summed E-state index contributed by atoms with van der Waals surface area (Å²) in [4.78, 5) is 0. The highest BCUT2D eigenvalue weighted by Crippen LogP contribution is 2.29. The van der Waals surface area contributed by atoms with Crippen LogP contribution in [0.5, 0.6) is 0 Å². The number of aliphatic hydroxyl groups excluding tert-OH is 7. The summed E-state index contributed by atoms with van der Waals surface area (Å²) in [6, 6.07) is 0. The van der Waals surface area contributed by atoms with Gasteiger partial charge in [-0.2, -0.15) is 0 Å². The van der Waals surface area contributed by atoms with Crippen molar-refractivity contribution < 1.29 is 50.0 Å². The SMILES string of the molecule is C=C(C)C1OC(O)C(OC2OC(CO)C(O)C(O)C2O)C(O)C1O. The molecule has 0 bridgehead atoms. The highest BCUT2D eigenvalue weighted by molar-refractivity contribution is 5.07. The zero-order chi connectivity index (χ0) is 18.2. The maximum absolute atomic E-state index is 10.1. The van der Waals surface area contributed by atoms with E-state index >= 15 is 0 Å². The second-order valence-electron chi connectivity index (χ2n) is 6.07. The summed E-state index contributed by atoms with van der Waals surface area (Å²) in [6.45, 7) is 4.48. The second kappa shape index (κ2) is 7.70. The first-order chi connectivity index (χ1) is 11.2. The van der Waals surface area contributed by atoms with Crippen molar-refractivity contribution in [2.75, 3.05) is 6.61 Å². The van der Waals surface area contributed by atoms with Crippen molar-refractivity contribution in [3.8, 4) is 0 Å². The van der Waals surface area contributed by atoms with Crippen molar-refractivity contribution in [1.82, 2.24) is 0 Å². The van der Waals surface area contributed by atoms with Crippen LogP contribution in [0.15, 0.2) is 12.2 Å². The molecule has 0 aromatic carbocycles. The minimum absolute atomic E-state index is 0.381. The van der Waals surface area contributed by atoms with Gasteiger partial charge in [-0.1, -0.05) is 6.58 Å². The number of rotatable bonds is 4. The van der Waals surface area contributed by atoms with Gasteiger partial charge in [0.2, 0.25) is 0 Å². The molecule has 2 aliphatic heterocycles. The van der Waals surface area contributed by atoms with E-state index in [0.29, 0.717) is 5.57 Å². The number of ether oxygens (including phenoxy) is 3. The Balaban J connectivity index is 2.10. The van der Waals surface area contributed by atoms with Crippen LogP contribution in [0.25, 0.3) is 0 Å². The predicted octanol–water partition coefficient (Wildman–Crippen LogP) is -3.81. The Morgan fingerprint density at radius 3 is 2.08 bits per heavy atom. The van der Waals surface area contributed by atoms with E-state index in [0.717, 1.165) is 0 Å². The Bertz CT molecular complexity index is 443. The van der Waals surface area contributed by atoms with E-state index in [4.69, 9.17) is 19.3 Å². The summed E-state index contributed by atoms with van der Waals surface area (Å²) in [5.41, 5.74) is 0.381. The summed E-state index contributed by atoms with van der Waals surface area (Å²) in [6.07, 6.45) is -15.0. The van der Waals surface area contributed by atoms with Crippen LogP contribution < -0.4 is 0 Å². The average Bonchev–Trinajstić information content (AvgIpc) is 2.54. The molecule has 0 amide bonds. The minimum atomic E-state index is -1.71. The molecule has 10 heteroatoms. The molecule has 2 heterocycles. The first kappa shape index (κ1) is 19.7. The van der Waals surface area contributed by atoms with Gasteiger partial charge >= 0.3 is 0 Å². The molecule has 0 aromatic heterocycles. The fourth-order valence-electron chi connectivity index (χ4n) is 2.74. The van der Waals surface area contributed by atoms with Crippen molar-refractivity contribution >= 4 is 0 Å². The molecular weight excluding hydrogens is 328 g/mol. The molecule has 0 saturated carbocycles. The first-order valence-electron chi connectivity index (χ1n) is 7.50. The highest BCUT2D eigenvalue weighted by atomic mass is 16.7. The molecule has 0 aliphatic carbocycles. The number of hydrogen-bond donors (Lipinski definition) is 7. The predicted molar refractivity (Wildman–Crippen MR) is 76.3 cm³/mol. The van der Waals surface area contributed by atoms with Crippen molar-refractivity contribution in [2.45, 2.75) is 68.3 Å². The van der Waals surface area contributed by atoms with Gasteiger partial charge in [0, 0.05) is 0 Å². The lowest BCUT2D eigenvalue weighted by Crippen LogP contribution is -2.64. The smallest absolute Gasteiger partial charge is 0.187 e. The van der Waals surface area contributed by atoms with E-state index in [9.17, 15) is 30.6 Å². The lowest BCUT2D eigenvalue weighted by Gasteiger charge is -2.45. The van der Waals surface area contributed by atoms with Gasteiger partial charge in [0.15, 0.2) is 12.6 Å². The summed E-state index contributed by atoms with van der Waals surface area (Å²) >= 11 is 0. The Morgan fingerprint density at radius 1 is 0.917 bits per heavy atom. The summed E-state index contributed by atoms with van der Waals surface area (Å²) < 4.78 is 15.5. The van der Waals surface area contributed by atoms with Gasteiger partial charge in [-0.15, -0.1) is 0 Å². The quantitative estimate of drug-likeness (QED) is 0.249. The molecule has 2 saturated heterocycles. The minimum Gasteiger partial charge on any atom is -0.394 e. The number of aliphatic hydroxyl groups is 7. The van der Waals surface area contributed by atoms with Gasteiger partial charge in [-0.3, -0.25) is 0 Å².